The summed E-state index contributed by atoms with van der Waals surface area (Å²) < 4.78 is 44.8. The van der Waals surface area contributed by atoms with Crippen LogP contribution in [0.2, 0.25) is 5.02 Å². The van der Waals surface area contributed by atoms with Crippen molar-refractivity contribution in [3.8, 4) is 11.3 Å². The van der Waals surface area contributed by atoms with Crippen molar-refractivity contribution in [2.24, 2.45) is 0 Å². The highest BCUT2D eigenvalue weighted by Crippen LogP contribution is 2.39. The fourth-order valence-electron chi connectivity index (χ4n) is 3.08. The van der Waals surface area contributed by atoms with Gasteiger partial charge in [0.2, 0.25) is 0 Å². The zero-order valence-electron chi connectivity index (χ0n) is 16.1. The molecule has 0 N–H and O–H groups in total. The highest BCUT2D eigenvalue weighted by molar-refractivity contribution is 8.27. The zero-order valence-corrected chi connectivity index (χ0v) is 18.5. The number of hydrogen-bond acceptors (Lipinski definition) is 6. The Morgan fingerprint density at radius 2 is 1.91 bits per heavy atom. The van der Waals surface area contributed by atoms with Gasteiger partial charge in [-0.3, -0.25) is 19.8 Å². The van der Waals surface area contributed by atoms with E-state index in [0.717, 1.165) is 28.8 Å². The highest BCUT2D eigenvalue weighted by Gasteiger charge is 2.36. The molecule has 12 heteroatoms. The molecule has 1 aliphatic rings. The molecule has 0 aliphatic carbocycles. The van der Waals surface area contributed by atoms with Gasteiger partial charge < -0.3 is 4.42 Å². The fraction of sp³-hybridized carbons (Fsp3) is 0.0476. The summed E-state index contributed by atoms with van der Waals surface area (Å²) in [6.45, 7) is 0. The van der Waals surface area contributed by atoms with Gasteiger partial charge in [-0.15, -0.1) is 0 Å². The van der Waals surface area contributed by atoms with E-state index in [-0.39, 0.29) is 42.7 Å². The predicted octanol–water partition coefficient (Wildman–Crippen LogP) is 6.93. The van der Waals surface area contributed by atoms with Gasteiger partial charge in [0, 0.05) is 17.2 Å². The largest absolute Gasteiger partial charge is 0.456 e. The second-order valence-corrected chi connectivity index (χ2v) is 8.80. The summed E-state index contributed by atoms with van der Waals surface area (Å²) in [5, 5.41) is 11.5. The van der Waals surface area contributed by atoms with Gasteiger partial charge in [0.15, 0.2) is 4.32 Å². The van der Waals surface area contributed by atoms with E-state index >= 15 is 0 Å². The molecular formula is C21H10ClF3N2O4S2. The molecule has 33 heavy (non-hydrogen) atoms. The van der Waals surface area contributed by atoms with Crippen molar-refractivity contribution in [2.45, 2.75) is 6.18 Å². The fourth-order valence-corrected chi connectivity index (χ4v) is 4.53. The van der Waals surface area contributed by atoms with Crippen LogP contribution in [0.1, 0.15) is 11.3 Å². The van der Waals surface area contributed by atoms with Crippen LogP contribution >= 0.6 is 35.6 Å². The van der Waals surface area contributed by atoms with Crippen LogP contribution in [0.15, 0.2) is 63.9 Å². The molecule has 0 bridgehead atoms. The quantitative estimate of drug-likeness (QED) is 0.164. The van der Waals surface area contributed by atoms with Crippen molar-refractivity contribution in [3.63, 3.8) is 0 Å². The Morgan fingerprint density at radius 1 is 1.15 bits per heavy atom. The molecule has 1 aromatic heterocycles. The second-order valence-electron chi connectivity index (χ2n) is 6.69. The van der Waals surface area contributed by atoms with Gasteiger partial charge in [0.25, 0.3) is 11.6 Å². The molecule has 3 aromatic rings. The zero-order chi connectivity index (χ0) is 23.9. The summed E-state index contributed by atoms with van der Waals surface area (Å²) >= 11 is 11.9. The van der Waals surface area contributed by atoms with Crippen LogP contribution in [0, 0.1) is 10.1 Å². The molecule has 1 amide bonds. The number of nitro benzene ring substituents is 1. The van der Waals surface area contributed by atoms with E-state index < -0.39 is 22.6 Å². The molecule has 168 valence electrons. The molecule has 1 fully saturated rings. The average Bonchev–Trinajstić information content (AvgIpc) is 3.31. The van der Waals surface area contributed by atoms with Gasteiger partial charge in [0.1, 0.15) is 11.5 Å². The number of thiocarbonyl (C=S) groups is 1. The number of nitrogens with zero attached hydrogens (tertiary/aromatic N) is 2. The first-order chi connectivity index (χ1) is 15.5. The smallest absolute Gasteiger partial charge is 0.416 e. The van der Waals surface area contributed by atoms with Gasteiger partial charge in [0.05, 0.1) is 26.6 Å². The molecule has 0 radical (unpaired) electrons. The maximum atomic E-state index is 13.0. The van der Waals surface area contributed by atoms with Crippen LogP contribution in [0.4, 0.5) is 24.5 Å². The lowest BCUT2D eigenvalue weighted by molar-refractivity contribution is -0.384. The molecule has 1 saturated heterocycles. The normalized spacial score (nSPS) is 15.5. The van der Waals surface area contributed by atoms with Gasteiger partial charge in [-0.25, -0.2) is 0 Å². The van der Waals surface area contributed by atoms with Crippen molar-refractivity contribution in [1.29, 1.82) is 0 Å². The highest BCUT2D eigenvalue weighted by atomic mass is 35.5. The Hall–Kier alpha value is -3.15. The van der Waals surface area contributed by atoms with Crippen molar-refractivity contribution >= 4 is 63.3 Å². The number of amides is 1. The molecular weight excluding hydrogens is 501 g/mol. The summed E-state index contributed by atoms with van der Waals surface area (Å²) in [5.41, 5.74) is -0.967. The van der Waals surface area contributed by atoms with Gasteiger partial charge in [-0.1, -0.05) is 41.6 Å². The Bertz CT molecular complexity index is 1340. The Labute approximate surface area is 198 Å². The molecule has 0 atom stereocenters. The number of benzene rings is 2. The monoisotopic (exact) mass is 510 g/mol. The number of furan rings is 1. The van der Waals surface area contributed by atoms with Crippen LogP contribution in [-0.4, -0.2) is 15.2 Å². The van der Waals surface area contributed by atoms with Crippen molar-refractivity contribution in [2.75, 3.05) is 4.90 Å². The number of carbonyl (C=O) groups is 1. The first-order valence-electron chi connectivity index (χ1n) is 9.04. The van der Waals surface area contributed by atoms with Crippen molar-refractivity contribution < 1.29 is 27.3 Å². The van der Waals surface area contributed by atoms with Crippen LogP contribution in [0.5, 0.6) is 0 Å². The molecule has 2 aromatic carbocycles. The number of anilines is 1. The average molecular weight is 511 g/mol. The SMILES string of the molecule is O=C1/C(=C/c2ccc(-c3ccc(Cl)cc3[N+](=O)[O-])o2)SC(=S)N1c1cccc(C(F)(F)F)c1. The third-order valence-electron chi connectivity index (χ3n) is 4.55. The Morgan fingerprint density at radius 3 is 2.61 bits per heavy atom. The van der Waals surface area contributed by atoms with Crippen LogP contribution in [0.3, 0.4) is 0 Å². The number of nitro groups is 1. The topological polar surface area (TPSA) is 76.6 Å². The molecule has 0 spiro atoms. The lowest BCUT2D eigenvalue weighted by atomic mass is 10.1. The van der Waals surface area contributed by atoms with E-state index in [1.165, 1.54) is 48.5 Å². The minimum absolute atomic E-state index is 0.00681. The van der Waals surface area contributed by atoms with Crippen molar-refractivity contribution in [3.05, 3.63) is 86.0 Å². The number of hydrogen-bond donors (Lipinski definition) is 0. The third-order valence-corrected chi connectivity index (χ3v) is 6.08. The van der Waals surface area contributed by atoms with Crippen LogP contribution in [0.25, 0.3) is 17.4 Å². The Kier molecular flexibility index (Phi) is 6.04. The minimum atomic E-state index is -4.57. The van der Waals surface area contributed by atoms with E-state index in [0.29, 0.717) is 0 Å². The summed E-state index contributed by atoms with van der Waals surface area (Å²) in [6.07, 6.45) is -3.20. The number of thioether (sulfide) groups is 1. The number of carbonyl (C=O) groups excluding carboxylic acids is 1. The molecule has 4 rings (SSSR count). The van der Waals surface area contributed by atoms with Gasteiger partial charge in [-0.2, -0.15) is 13.2 Å². The standard InChI is InChI=1S/C21H10ClF3N2O4S2/c22-12-4-6-15(16(9-12)27(29)30)17-7-5-14(31-17)10-18-19(28)26(20(32)33-18)13-3-1-2-11(8-13)21(23,24)25/h1-10H/b18-10-. The minimum Gasteiger partial charge on any atom is -0.456 e. The molecule has 2 heterocycles. The second kappa shape index (κ2) is 8.65. The molecule has 1 aliphatic heterocycles. The van der Waals surface area contributed by atoms with Crippen LogP contribution < -0.4 is 4.90 Å². The van der Waals surface area contributed by atoms with Crippen LogP contribution in [-0.2, 0) is 11.0 Å². The maximum Gasteiger partial charge on any atom is 0.416 e. The van der Waals surface area contributed by atoms with Gasteiger partial charge in [-0.05, 0) is 42.5 Å². The van der Waals surface area contributed by atoms with Crippen molar-refractivity contribution in [1.82, 2.24) is 0 Å². The first-order valence-corrected chi connectivity index (χ1v) is 10.6. The summed E-state index contributed by atoms with van der Waals surface area (Å²) in [5.74, 6) is -0.225. The molecule has 0 unspecified atom stereocenters. The lowest BCUT2D eigenvalue weighted by Crippen LogP contribution is -2.27. The van der Waals surface area contributed by atoms with E-state index in [2.05, 4.69) is 0 Å². The van der Waals surface area contributed by atoms with E-state index in [1.807, 2.05) is 0 Å². The van der Waals surface area contributed by atoms with E-state index in [9.17, 15) is 28.1 Å². The van der Waals surface area contributed by atoms with Gasteiger partial charge >= 0.3 is 6.18 Å². The predicted molar refractivity (Wildman–Crippen MR) is 123 cm³/mol. The number of rotatable bonds is 4. The molecule has 0 saturated carbocycles. The lowest BCUT2D eigenvalue weighted by Gasteiger charge is -2.16. The maximum absolute atomic E-state index is 13.0. The molecule has 6 nitrogen and oxygen atoms in total. The summed E-state index contributed by atoms with van der Waals surface area (Å²) in [6, 6.07) is 11.4. The third kappa shape index (κ3) is 4.65. The Balaban J connectivity index is 1.64. The van der Waals surface area contributed by atoms with E-state index in [4.69, 9.17) is 28.2 Å². The van der Waals surface area contributed by atoms with E-state index in [1.54, 1.807) is 0 Å². The summed E-state index contributed by atoms with van der Waals surface area (Å²) in [4.78, 5) is 24.7. The number of halogens is 4. The number of alkyl halides is 3. The summed E-state index contributed by atoms with van der Waals surface area (Å²) in [7, 11) is 0. The first kappa shape index (κ1) is 23.0.